The normalized spacial score (nSPS) is 10.5. The zero-order chi connectivity index (χ0) is 23.0. The van der Waals surface area contributed by atoms with Crippen molar-refractivity contribution >= 4 is 45.1 Å². The number of carbonyl (C=O) groups is 2. The first-order valence-electron chi connectivity index (χ1n) is 9.75. The zero-order valence-electron chi connectivity index (χ0n) is 17.8. The Bertz CT molecular complexity index is 950. The largest absolute Gasteiger partial charge is 0.491 e. The molecule has 3 N–H and O–H groups in total. The van der Waals surface area contributed by atoms with Crippen molar-refractivity contribution in [2.24, 2.45) is 0 Å². The van der Waals surface area contributed by atoms with E-state index >= 15 is 0 Å². The number of thiocarbonyl (C=S) groups is 1. The van der Waals surface area contributed by atoms with Gasteiger partial charge in [0.15, 0.2) is 11.7 Å². The van der Waals surface area contributed by atoms with E-state index in [1.165, 1.54) is 0 Å². The number of hydrazine groups is 1. The first-order chi connectivity index (χ1) is 14.7. The van der Waals surface area contributed by atoms with Crippen molar-refractivity contribution in [3.63, 3.8) is 0 Å². The molecular formula is C22H26BrN3O4S. The molecule has 0 saturated heterocycles. The van der Waals surface area contributed by atoms with Gasteiger partial charge in [-0.3, -0.25) is 25.8 Å². The third-order valence-electron chi connectivity index (χ3n) is 3.99. The lowest BCUT2D eigenvalue weighted by Crippen LogP contribution is -2.49. The van der Waals surface area contributed by atoms with Crippen LogP contribution in [0.2, 0.25) is 0 Å². The highest BCUT2D eigenvalue weighted by Crippen LogP contribution is 2.28. The van der Waals surface area contributed by atoms with Crippen LogP contribution in [0.4, 0.5) is 0 Å². The van der Waals surface area contributed by atoms with E-state index in [2.05, 4.69) is 45.9 Å². The fraction of sp³-hybridized carbons (Fsp3) is 0.318. The van der Waals surface area contributed by atoms with Crippen LogP contribution < -0.4 is 25.6 Å². The number of rotatable bonds is 7. The molecule has 0 atom stereocenters. The molecule has 2 aromatic rings. The third-order valence-corrected chi connectivity index (χ3v) is 4.82. The highest BCUT2D eigenvalue weighted by atomic mass is 79.9. The summed E-state index contributed by atoms with van der Waals surface area (Å²) < 4.78 is 11.9. The summed E-state index contributed by atoms with van der Waals surface area (Å²) in [5.74, 6) is 0.646. The molecule has 0 fully saturated rings. The van der Waals surface area contributed by atoms with Crippen molar-refractivity contribution in [2.75, 3.05) is 6.61 Å². The van der Waals surface area contributed by atoms with E-state index in [0.717, 1.165) is 10.0 Å². The standard InChI is InChI=1S/C22H26BrN3O4S/c1-13(2)15-8-9-19(18(23)11-15)29-12-20(27)25-26-22(31)24-21(28)16-6-5-7-17(10-16)30-14(3)4/h5-11,13-14H,12H2,1-4H3,(H,25,27)(H2,24,26,28,31). The number of hydrogen-bond donors (Lipinski definition) is 3. The molecule has 7 nitrogen and oxygen atoms in total. The highest BCUT2D eigenvalue weighted by molar-refractivity contribution is 9.10. The van der Waals surface area contributed by atoms with E-state index in [1.807, 2.05) is 32.0 Å². The smallest absolute Gasteiger partial charge is 0.276 e. The van der Waals surface area contributed by atoms with Crippen LogP contribution in [0, 0.1) is 0 Å². The van der Waals surface area contributed by atoms with Crippen LogP contribution in [0.5, 0.6) is 11.5 Å². The van der Waals surface area contributed by atoms with Crippen molar-refractivity contribution in [3.8, 4) is 11.5 Å². The van der Waals surface area contributed by atoms with Crippen molar-refractivity contribution in [1.82, 2.24) is 16.2 Å². The van der Waals surface area contributed by atoms with Gasteiger partial charge in [-0.15, -0.1) is 0 Å². The van der Waals surface area contributed by atoms with Gasteiger partial charge >= 0.3 is 0 Å². The van der Waals surface area contributed by atoms with Gasteiger partial charge in [0.25, 0.3) is 11.8 Å². The van der Waals surface area contributed by atoms with Gasteiger partial charge in [-0.25, -0.2) is 0 Å². The van der Waals surface area contributed by atoms with Crippen molar-refractivity contribution in [1.29, 1.82) is 0 Å². The number of halogens is 1. The summed E-state index contributed by atoms with van der Waals surface area (Å²) in [6.07, 6.45) is -0.00717. The van der Waals surface area contributed by atoms with Gasteiger partial charge in [-0.05, 0) is 83.8 Å². The summed E-state index contributed by atoms with van der Waals surface area (Å²) in [5, 5.41) is 2.45. The van der Waals surface area contributed by atoms with Crippen molar-refractivity contribution in [2.45, 2.75) is 39.7 Å². The van der Waals surface area contributed by atoms with E-state index in [-0.39, 0.29) is 17.8 Å². The predicted molar refractivity (Wildman–Crippen MR) is 127 cm³/mol. The molecule has 0 aliphatic rings. The van der Waals surface area contributed by atoms with E-state index in [0.29, 0.717) is 23.0 Å². The molecule has 0 bridgehead atoms. The summed E-state index contributed by atoms with van der Waals surface area (Å²) in [5.41, 5.74) is 6.41. The highest BCUT2D eigenvalue weighted by Gasteiger charge is 2.11. The van der Waals surface area contributed by atoms with E-state index in [4.69, 9.17) is 21.7 Å². The van der Waals surface area contributed by atoms with E-state index in [9.17, 15) is 9.59 Å². The minimum Gasteiger partial charge on any atom is -0.491 e. The van der Waals surface area contributed by atoms with Crippen LogP contribution >= 0.6 is 28.1 Å². The lowest BCUT2D eigenvalue weighted by atomic mass is 10.0. The Kier molecular flexibility index (Phi) is 9.26. The number of amides is 2. The van der Waals surface area contributed by atoms with E-state index in [1.54, 1.807) is 24.3 Å². The van der Waals surface area contributed by atoms with Crippen molar-refractivity contribution < 1.29 is 19.1 Å². The molecule has 2 amide bonds. The summed E-state index contributed by atoms with van der Waals surface area (Å²) in [6, 6.07) is 12.5. The Morgan fingerprint density at radius 3 is 2.45 bits per heavy atom. The van der Waals surface area contributed by atoms with Crippen molar-refractivity contribution in [3.05, 3.63) is 58.1 Å². The number of nitrogens with one attached hydrogen (secondary N) is 3. The van der Waals surface area contributed by atoms with E-state index < -0.39 is 11.8 Å². The van der Waals surface area contributed by atoms with Crippen LogP contribution in [-0.4, -0.2) is 29.6 Å². The molecule has 0 radical (unpaired) electrons. The van der Waals surface area contributed by atoms with Crippen LogP contribution in [0.15, 0.2) is 46.9 Å². The third kappa shape index (κ3) is 8.18. The van der Waals surface area contributed by atoms with Crippen LogP contribution in [-0.2, 0) is 4.79 Å². The van der Waals surface area contributed by atoms with Gasteiger partial charge in [0.2, 0.25) is 0 Å². The van der Waals surface area contributed by atoms with Gasteiger partial charge in [-0.1, -0.05) is 26.0 Å². The molecule has 0 aromatic heterocycles. The molecular weight excluding hydrogens is 482 g/mol. The van der Waals surface area contributed by atoms with Gasteiger partial charge < -0.3 is 9.47 Å². The Morgan fingerprint density at radius 1 is 1.06 bits per heavy atom. The maximum absolute atomic E-state index is 12.3. The van der Waals surface area contributed by atoms with Gasteiger partial charge in [0.1, 0.15) is 11.5 Å². The molecule has 9 heteroatoms. The van der Waals surface area contributed by atoms with Gasteiger partial charge in [0.05, 0.1) is 10.6 Å². The fourth-order valence-electron chi connectivity index (χ4n) is 2.49. The maximum atomic E-state index is 12.3. The van der Waals surface area contributed by atoms with Crippen LogP contribution in [0.1, 0.15) is 49.5 Å². The second-order valence-electron chi connectivity index (χ2n) is 7.28. The Labute approximate surface area is 196 Å². The minimum atomic E-state index is -0.455. The summed E-state index contributed by atoms with van der Waals surface area (Å²) in [4.78, 5) is 24.3. The number of carbonyl (C=O) groups excluding carboxylic acids is 2. The lowest BCUT2D eigenvalue weighted by molar-refractivity contribution is -0.123. The fourth-order valence-corrected chi connectivity index (χ4v) is 3.14. The lowest BCUT2D eigenvalue weighted by Gasteiger charge is -2.13. The molecule has 0 heterocycles. The maximum Gasteiger partial charge on any atom is 0.276 e. The summed E-state index contributed by atoms with van der Waals surface area (Å²) in [6.45, 7) is 7.77. The summed E-state index contributed by atoms with van der Waals surface area (Å²) >= 11 is 8.50. The monoisotopic (exact) mass is 507 g/mol. The minimum absolute atomic E-state index is 0.00717. The molecule has 0 aliphatic carbocycles. The second-order valence-corrected chi connectivity index (χ2v) is 8.55. The van der Waals surface area contributed by atoms with Crippen LogP contribution in [0.3, 0.4) is 0 Å². The molecule has 2 aromatic carbocycles. The van der Waals surface area contributed by atoms with Gasteiger partial charge in [-0.2, -0.15) is 0 Å². The Hall–Kier alpha value is -2.65. The topological polar surface area (TPSA) is 88.7 Å². The first-order valence-corrected chi connectivity index (χ1v) is 10.9. The SMILES string of the molecule is CC(C)Oc1cccc(C(=O)NC(=S)NNC(=O)COc2ccc(C(C)C)cc2Br)c1. The number of benzene rings is 2. The molecule has 166 valence electrons. The zero-order valence-corrected chi connectivity index (χ0v) is 20.2. The summed E-state index contributed by atoms with van der Waals surface area (Å²) in [7, 11) is 0. The average molecular weight is 508 g/mol. The predicted octanol–water partition coefficient (Wildman–Crippen LogP) is 4.07. The second kappa shape index (κ2) is 11.7. The Balaban J connectivity index is 1.79. The quantitative estimate of drug-likeness (QED) is 0.386. The molecule has 0 spiro atoms. The van der Waals surface area contributed by atoms with Gasteiger partial charge in [0, 0.05) is 5.56 Å². The number of ether oxygens (including phenoxy) is 2. The number of hydrogen-bond acceptors (Lipinski definition) is 5. The molecule has 0 saturated carbocycles. The van der Waals surface area contributed by atoms with Crippen LogP contribution in [0.25, 0.3) is 0 Å². The first kappa shape index (κ1) is 24.6. The Morgan fingerprint density at radius 2 is 1.81 bits per heavy atom. The molecule has 31 heavy (non-hydrogen) atoms. The molecule has 2 rings (SSSR count). The average Bonchev–Trinajstić information content (AvgIpc) is 2.70. The molecule has 0 aliphatic heterocycles. The molecule has 0 unspecified atom stereocenters.